The molecule has 7 heteroatoms. The predicted octanol–water partition coefficient (Wildman–Crippen LogP) is 3.47. The molecule has 2 N–H and O–H groups in total. The van der Waals surface area contributed by atoms with Crippen molar-refractivity contribution in [3.8, 4) is 0 Å². The lowest BCUT2D eigenvalue weighted by atomic mass is 10.1. The van der Waals surface area contributed by atoms with E-state index >= 15 is 0 Å². The van der Waals surface area contributed by atoms with Crippen molar-refractivity contribution < 1.29 is 4.39 Å². The summed E-state index contributed by atoms with van der Waals surface area (Å²) in [6, 6.07) is 9.10. The highest BCUT2D eigenvalue weighted by Crippen LogP contribution is 2.11. The first kappa shape index (κ1) is 22.1. The van der Waals surface area contributed by atoms with Crippen LogP contribution in [-0.2, 0) is 13.1 Å². The van der Waals surface area contributed by atoms with Crippen molar-refractivity contribution in [2.45, 2.75) is 26.9 Å². The fourth-order valence-corrected chi connectivity index (χ4v) is 2.32. The van der Waals surface area contributed by atoms with E-state index in [1.54, 1.807) is 19.2 Å². The minimum absolute atomic E-state index is 0. The number of aliphatic imine (C=N–C) groups is 1. The molecule has 26 heavy (non-hydrogen) atoms. The maximum atomic E-state index is 13.3. The molecule has 0 spiro atoms. The molecule has 0 aliphatic carbocycles. The van der Waals surface area contributed by atoms with Crippen molar-refractivity contribution in [2.75, 3.05) is 25.5 Å². The van der Waals surface area contributed by atoms with E-state index < -0.39 is 0 Å². The van der Waals surface area contributed by atoms with Crippen LogP contribution < -0.4 is 15.5 Å². The fourth-order valence-electron chi connectivity index (χ4n) is 2.32. The molecular weight excluding hydrogens is 444 g/mol. The summed E-state index contributed by atoms with van der Waals surface area (Å²) >= 11 is 0. The number of aryl methyl sites for hydroxylation is 1. The minimum Gasteiger partial charge on any atom is -0.363 e. The number of nitrogens with zero attached hydrogens (tertiary/aromatic N) is 3. The number of hydrogen-bond acceptors (Lipinski definition) is 3. The minimum atomic E-state index is -0.188. The van der Waals surface area contributed by atoms with Gasteiger partial charge >= 0.3 is 0 Å². The molecule has 0 aliphatic rings. The lowest BCUT2D eigenvalue weighted by Gasteiger charge is -2.14. The number of halogens is 2. The van der Waals surface area contributed by atoms with Crippen LogP contribution >= 0.6 is 24.0 Å². The largest absolute Gasteiger partial charge is 0.363 e. The molecule has 0 unspecified atom stereocenters. The van der Waals surface area contributed by atoms with Gasteiger partial charge in [-0.15, -0.1) is 24.0 Å². The summed E-state index contributed by atoms with van der Waals surface area (Å²) in [6.45, 7) is 5.70. The van der Waals surface area contributed by atoms with Crippen LogP contribution in [0.5, 0.6) is 0 Å². The van der Waals surface area contributed by atoms with Gasteiger partial charge in [-0.05, 0) is 48.7 Å². The Balaban J connectivity index is 0.00000338. The SMILES string of the molecule is CCNC(=NCc1ccc(F)c(C)c1)NCc1ccnc(N(C)C)c1.I. The summed E-state index contributed by atoms with van der Waals surface area (Å²) < 4.78 is 13.3. The third kappa shape index (κ3) is 6.78. The van der Waals surface area contributed by atoms with Gasteiger partial charge in [0.05, 0.1) is 6.54 Å². The maximum Gasteiger partial charge on any atom is 0.191 e. The summed E-state index contributed by atoms with van der Waals surface area (Å²) in [7, 11) is 3.94. The Hall–Kier alpha value is -1.90. The van der Waals surface area contributed by atoms with E-state index in [1.165, 1.54) is 6.07 Å². The van der Waals surface area contributed by atoms with Gasteiger partial charge in [0.2, 0.25) is 0 Å². The molecule has 1 aromatic carbocycles. The highest BCUT2D eigenvalue weighted by Gasteiger charge is 2.03. The lowest BCUT2D eigenvalue weighted by Crippen LogP contribution is -2.36. The molecule has 142 valence electrons. The van der Waals surface area contributed by atoms with E-state index in [-0.39, 0.29) is 29.8 Å². The van der Waals surface area contributed by atoms with Crippen LogP contribution in [0, 0.1) is 12.7 Å². The third-order valence-corrected chi connectivity index (χ3v) is 3.71. The molecule has 1 heterocycles. The zero-order valence-electron chi connectivity index (χ0n) is 15.7. The van der Waals surface area contributed by atoms with Gasteiger partial charge in [0, 0.05) is 33.4 Å². The van der Waals surface area contributed by atoms with Crippen LogP contribution in [0.15, 0.2) is 41.5 Å². The van der Waals surface area contributed by atoms with E-state index in [9.17, 15) is 4.39 Å². The second kappa shape index (κ2) is 10.9. The standard InChI is InChI=1S/C19H26FN5.HI/c1-5-21-19(23-12-15-6-7-17(20)14(2)10-15)24-13-16-8-9-22-18(11-16)25(3)4;/h6-11H,5,12-13H2,1-4H3,(H2,21,23,24);1H. The molecule has 2 rings (SSSR count). The first-order valence-electron chi connectivity index (χ1n) is 8.39. The van der Waals surface area contributed by atoms with E-state index in [1.807, 2.05) is 44.1 Å². The van der Waals surface area contributed by atoms with Crippen LogP contribution in [0.4, 0.5) is 10.2 Å². The molecule has 5 nitrogen and oxygen atoms in total. The Morgan fingerprint density at radius 2 is 1.92 bits per heavy atom. The smallest absolute Gasteiger partial charge is 0.191 e. The monoisotopic (exact) mass is 471 g/mol. The van der Waals surface area contributed by atoms with E-state index in [0.29, 0.717) is 18.7 Å². The molecule has 0 saturated heterocycles. The number of hydrogen-bond donors (Lipinski definition) is 2. The topological polar surface area (TPSA) is 52.6 Å². The van der Waals surface area contributed by atoms with Crippen molar-refractivity contribution in [3.63, 3.8) is 0 Å². The van der Waals surface area contributed by atoms with Gasteiger partial charge in [-0.3, -0.25) is 0 Å². The van der Waals surface area contributed by atoms with Gasteiger partial charge in [-0.2, -0.15) is 0 Å². The van der Waals surface area contributed by atoms with E-state index in [2.05, 4.69) is 20.6 Å². The molecule has 0 amide bonds. The van der Waals surface area contributed by atoms with Crippen LogP contribution in [0.25, 0.3) is 0 Å². The van der Waals surface area contributed by atoms with Crippen molar-refractivity contribution in [2.24, 2.45) is 4.99 Å². The number of pyridine rings is 1. The predicted molar refractivity (Wildman–Crippen MR) is 117 cm³/mol. The summed E-state index contributed by atoms with van der Waals surface area (Å²) in [5, 5.41) is 6.54. The fraction of sp³-hybridized carbons (Fsp3) is 0.368. The van der Waals surface area contributed by atoms with E-state index in [4.69, 9.17) is 0 Å². The van der Waals surface area contributed by atoms with Crippen molar-refractivity contribution in [3.05, 3.63) is 59.0 Å². The number of nitrogens with one attached hydrogen (secondary N) is 2. The number of rotatable bonds is 6. The Bertz CT molecular complexity index is 734. The number of anilines is 1. The van der Waals surface area contributed by atoms with Crippen LogP contribution in [-0.4, -0.2) is 31.6 Å². The third-order valence-electron chi connectivity index (χ3n) is 3.71. The van der Waals surface area contributed by atoms with Gasteiger partial charge in [-0.1, -0.05) is 12.1 Å². The average molecular weight is 471 g/mol. The Kier molecular flexibility index (Phi) is 9.32. The van der Waals surface area contributed by atoms with Gasteiger partial charge in [0.1, 0.15) is 11.6 Å². The lowest BCUT2D eigenvalue weighted by molar-refractivity contribution is 0.617. The van der Waals surface area contributed by atoms with Crippen molar-refractivity contribution >= 4 is 35.8 Å². The summed E-state index contributed by atoms with van der Waals surface area (Å²) in [4.78, 5) is 10.9. The van der Waals surface area contributed by atoms with Crippen LogP contribution in [0.2, 0.25) is 0 Å². The average Bonchev–Trinajstić information content (AvgIpc) is 2.60. The normalized spacial score (nSPS) is 10.9. The second-order valence-electron chi connectivity index (χ2n) is 6.05. The van der Waals surface area contributed by atoms with Gasteiger partial charge in [0.15, 0.2) is 5.96 Å². The Morgan fingerprint density at radius 3 is 2.58 bits per heavy atom. The summed E-state index contributed by atoms with van der Waals surface area (Å²) in [5.74, 6) is 1.46. The molecular formula is C19H27FIN5. The zero-order chi connectivity index (χ0) is 18.2. The molecule has 0 fully saturated rings. The first-order chi connectivity index (χ1) is 12.0. The highest BCUT2D eigenvalue weighted by molar-refractivity contribution is 14.0. The van der Waals surface area contributed by atoms with Crippen LogP contribution in [0.1, 0.15) is 23.6 Å². The molecule has 0 atom stereocenters. The Labute approximate surface area is 172 Å². The van der Waals surface area contributed by atoms with Gasteiger partial charge < -0.3 is 15.5 Å². The molecule has 0 saturated carbocycles. The highest BCUT2D eigenvalue weighted by atomic mass is 127. The number of benzene rings is 1. The van der Waals surface area contributed by atoms with Crippen molar-refractivity contribution in [1.29, 1.82) is 0 Å². The number of aromatic nitrogens is 1. The van der Waals surface area contributed by atoms with Crippen molar-refractivity contribution in [1.82, 2.24) is 15.6 Å². The molecule has 2 aromatic rings. The van der Waals surface area contributed by atoms with Gasteiger partial charge in [-0.25, -0.2) is 14.4 Å². The van der Waals surface area contributed by atoms with Crippen LogP contribution in [0.3, 0.4) is 0 Å². The molecule has 0 bridgehead atoms. The summed E-state index contributed by atoms with van der Waals surface area (Å²) in [5.41, 5.74) is 2.75. The quantitative estimate of drug-likeness (QED) is 0.385. The van der Waals surface area contributed by atoms with E-state index in [0.717, 1.165) is 29.4 Å². The molecule has 0 radical (unpaired) electrons. The molecule has 1 aromatic heterocycles. The Morgan fingerprint density at radius 1 is 1.15 bits per heavy atom. The maximum absolute atomic E-state index is 13.3. The zero-order valence-corrected chi connectivity index (χ0v) is 18.0. The number of guanidine groups is 1. The van der Waals surface area contributed by atoms with Gasteiger partial charge in [0.25, 0.3) is 0 Å². The molecule has 0 aliphatic heterocycles. The second-order valence-corrected chi connectivity index (χ2v) is 6.05. The summed E-state index contributed by atoms with van der Waals surface area (Å²) in [6.07, 6.45) is 1.80. The first-order valence-corrected chi connectivity index (χ1v) is 8.39.